The van der Waals surface area contributed by atoms with Gasteiger partial charge in [0.2, 0.25) is 5.76 Å². The molecule has 0 saturated heterocycles. The molecule has 1 unspecified atom stereocenters. The molecule has 184 valence electrons. The first-order valence-electron chi connectivity index (χ1n) is 12.3. The Kier molecular flexibility index (Phi) is 6.27. The first kappa shape index (κ1) is 23.7. The highest BCUT2D eigenvalue weighted by atomic mass is 16.5. The van der Waals surface area contributed by atoms with Gasteiger partial charge in [0.05, 0.1) is 30.2 Å². The Morgan fingerprint density at radius 3 is 2.36 bits per heavy atom. The smallest absolute Gasteiger partial charge is 0.295 e. The molecule has 0 N–H and O–H groups in total. The number of aryl methyl sites for hydroxylation is 2. The average Bonchev–Trinajstić information content (AvgIpc) is 3.17. The van der Waals surface area contributed by atoms with Crippen LogP contribution in [0.3, 0.4) is 0 Å². The minimum absolute atomic E-state index is 0.0777. The first-order valence-corrected chi connectivity index (χ1v) is 12.3. The third-order valence-corrected chi connectivity index (χ3v) is 6.57. The van der Waals surface area contributed by atoms with Crippen molar-refractivity contribution < 1.29 is 18.7 Å². The Balaban J connectivity index is 1.76. The van der Waals surface area contributed by atoms with Crippen LogP contribution in [0.25, 0.3) is 11.0 Å². The average molecular weight is 484 g/mol. The second kappa shape index (κ2) is 9.53. The number of anilines is 1. The number of amides is 1. The lowest BCUT2D eigenvalue weighted by molar-refractivity contribution is 0.0971. The monoisotopic (exact) mass is 483 g/mol. The van der Waals surface area contributed by atoms with E-state index in [0.717, 1.165) is 23.1 Å². The molecule has 5 rings (SSSR count). The minimum atomic E-state index is -0.670. The van der Waals surface area contributed by atoms with Crippen molar-refractivity contribution in [3.05, 3.63) is 98.9 Å². The van der Waals surface area contributed by atoms with Gasteiger partial charge in [-0.1, -0.05) is 31.2 Å². The summed E-state index contributed by atoms with van der Waals surface area (Å²) in [5.41, 5.74) is 3.97. The van der Waals surface area contributed by atoms with Crippen molar-refractivity contribution >= 4 is 22.6 Å². The van der Waals surface area contributed by atoms with Crippen LogP contribution in [0.1, 0.15) is 59.1 Å². The second-order valence-corrected chi connectivity index (χ2v) is 9.01. The second-order valence-electron chi connectivity index (χ2n) is 9.01. The number of hydrogen-bond acceptors (Lipinski definition) is 5. The zero-order valence-corrected chi connectivity index (χ0v) is 21.0. The van der Waals surface area contributed by atoms with Crippen LogP contribution in [-0.2, 0) is 0 Å². The summed E-state index contributed by atoms with van der Waals surface area (Å²) >= 11 is 0. The first-order chi connectivity index (χ1) is 17.4. The molecule has 6 heteroatoms. The van der Waals surface area contributed by atoms with Crippen LogP contribution in [0.5, 0.6) is 11.5 Å². The van der Waals surface area contributed by atoms with Gasteiger partial charge in [-0.05, 0) is 80.3 Å². The van der Waals surface area contributed by atoms with Crippen LogP contribution in [-0.4, -0.2) is 19.1 Å². The molecule has 0 radical (unpaired) electrons. The number of nitrogens with zero attached hydrogens (tertiary/aromatic N) is 1. The maximum Gasteiger partial charge on any atom is 0.295 e. The van der Waals surface area contributed by atoms with E-state index in [9.17, 15) is 9.59 Å². The zero-order chi connectivity index (χ0) is 25.4. The van der Waals surface area contributed by atoms with E-state index in [-0.39, 0.29) is 17.1 Å². The normalized spacial score (nSPS) is 14.8. The molecule has 1 aliphatic heterocycles. The molecular formula is C30H29NO5. The van der Waals surface area contributed by atoms with Crippen molar-refractivity contribution in [2.24, 2.45) is 0 Å². The Hall–Kier alpha value is -4.06. The van der Waals surface area contributed by atoms with Crippen molar-refractivity contribution in [3.63, 3.8) is 0 Å². The molecule has 3 aromatic carbocycles. The van der Waals surface area contributed by atoms with Gasteiger partial charge in [0.25, 0.3) is 5.91 Å². The number of ether oxygens (including phenoxy) is 2. The molecule has 1 aliphatic rings. The molecule has 1 aromatic heterocycles. The summed E-state index contributed by atoms with van der Waals surface area (Å²) in [5, 5.41) is 0.470. The summed E-state index contributed by atoms with van der Waals surface area (Å²) in [6, 6.07) is 17.9. The summed E-state index contributed by atoms with van der Waals surface area (Å²) in [4.78, 5) is 29.3. The quantitative estimate of drug-likeness (QED) is 0.306. The van der Waals surface area contributed by atoms with Gasteiger partial charge in [-0.2, -0.15) is 0 Å². The van der Waals surface area contributed by atoms with Crippen molar-refractivity contribution in [2.75, 3.05) is 18.1 Å². The lowest BCUT2D eigenvalue weighted by Crippen LogP contribution is -2.29. The van der Waals surface area contributed by atoms with Crippen molar-refractivity contribution in [1.82, 2.24) is 0 Å². The minimum Gasteiger partial charge on any atom is -0.490 e. The van der Waals surface area contributed by atoms with Crippen LogP contribution in [0.2, 0.25) is 0 Å². The molecule has 0 spiro atoms. The SMILES string of the molecule is CCCOc1ccc(C2c3c(oc4cc(C)c(C)cc4c3=O)C(=O)N2c2ccccc2)cc1OCC. The Bertz CT molecular complexity index is 1510. The van der Waals surface area contributed by atoms with Gasteiger partial charge in [-0.15, -0.1) is 0 Å². The summed E-state index contributed by atoms with van der Waals surface area (Å²) in [5.74, 6) is 0.945. The van der Waals surface area contributed by atoms with E-state index >= 15 is 0 Å². The van der Waals surface area contributed by atoms with Gasteiger partial charge in [0, 0.05) is 5.69 Å². The van der Waals surface area contributed by atoms with Crippen molar-refractivity contribution in [1.29, 1.82) is 0 Å². The molecule has 0 fully saturated rings. The number of hydrogen-bond donors (Lipinski definition) is 0. The largest absolute Gasteiger partial charge is 0.490 e. The van der Waals surface area contributed by atoms with E-state index in [1.807, 2.05) is 88.4 Å². The number of carbonyl (C=O) groups excluding carboxylic acids is 1. The van der Waals surface area contributed by atoms with Gasteiger partial charge >= 0.3 is 0 Å². The zero-order valence-electron chi connectivity index (χ0n) is 21.0. The van der Waals surface area contributed by atoms with E-state index in [4.69, 9.17) is 13.9 Å². The van der Waals surface area contributed by atoms with Crippen molar-refractivity contribution in [2.45, 2.75) is 40.2 Å². The molecule has 1 amide bonds. The predicted molar refractivity (Wildman–Crippen MR) is 140 cm³/mol. The molecule has 0 bridgehead atoms. The lowest BCUT2D eigenvalue weighted by atomic mass is 9.97. The molecule has 4 aromatic rings. The fourth-order valence-corrected chi connectivity index (χ4v) is 4.69. The van der Waals surface area contributed by atoms with Gasteiger partial charge in [0.15, 0.2) is 16.9 Å². The van der Waals surface area contributed by atoms with E-state index < -0.39 is 6.04 Å². The third kappa shape index (κ3) is 3.92. The fourth-order valence-electron chi connectivity index (χ4n) is 4.69. The number of rotatable bonds is 7. The standard InChI is InChI=1S/C30H29NO5/c1-5-14-35-23-13-12-20(17-25(23)34-6-2)27-26-28(32)22-15-18(3)19(4)16-24(22)36-29(26)30(33)31(27)21-10-8-7-9-11-21/h7-13,15-17,27H,5-6,14H2,1-4H3. The maximum absolute atomic E-state index is 13.9. The molecule has 0 saturated carbocycles. The topological polar surface area (TPSA) is 69.0 Å². The van der Waals surface area contributed by atoms with Crippen LogP contribution in [0.15, 0.2) is 69.9 Å². The molecular weight excluding hydrogens is 454 g/mol. The Labute approximate surface area is 210 Å². The summed E-state index contributed by atoms with van der Waals surface area (Å²) in [6.07, 6.45) is 0.868. The van der Waals surface area contributed by atoms with E-state index in [0.29, 0.717) is 46.9 Å². The van der Waals surface area contributed by atoms with Crippen LogP contribution in [0.4, 0.5) is 5.69 Å². The molecule has 2 heterocycles. The summed E-state index contributed by atoms with van der Waals surface area (Å²) in [6.45, 7) is 8.89. The number of fused-ring (bicyclic) bond motifs is 2. The molecule has 6 nitrogen and oxygen atoms in total. The highest BCUT2D eigenvalue weighted by Crippen LogP contribution is 2.43. The van der Waals surface area contributed by atoms with Gasteiger partial charge in [-0.25, -0.2) is 0 Å². The van der Waals surface area contributed by atoms with Crippen LogP contribution < -0.4 is 19.8 Å². The fraction of sp³-hybridized carbons (Fsp3) is 0.267. The lowest BCUT2D eigenvalue weighted by Gasteiger charge is -2.26. The third-order valence-electron chi connectivity index (χ3n) is 6.57. The van der Waals surface area contributed by atoms with Gasteiger partial charge < -0.3 is 13.9 Å². The Morgan fingerprint density at radius 2 is 1.64 bits per heavy atom. The Morgan fingerprint density at radius 1 is 0.889 bits per heavy atom. The number of carbonyl (C=O) groups is 1. The van der Waals surface area contributed by atoms with E-state index in [1.165, 1.54) is 0 Å². The van der Waals surface area contributed by atoms with E-state index in [2.05, 4.69) is 0 Å². The van der Waals surface area contributed by atoms with Gasteiger partial charge in [0.1, 0.15) is 5.58 Å². The van der Waals surface area contributed by atoms with E-state index in [1.54, 1.807) is 4.90 Å². The highest BCUT2D eigenvalue weighted by Gasteiger charge is 2.44. The van der Waals surface area contributed by atoms with Crippen LogP contribution >= 0.6 is 0 Å². The molecule has 0 aliphatic carbocycles. The number of benzene rings is 3. The van der Waals surface area contributed by atoms with Crippen molar-refractivity contribution in [3.8, 4) is 11.5 Å². The highest BCUT2D eigenvalue weighted by molar-refractivity contribution is 6.10. The van der Waals surface area contributed by atoms with Gasteiger partial charge in [-0.3, -0.25) is 14.5 Å². The molecule has 1 atom stereocenters. The summed E-state index contributed by atoms with van der Waals surface area (Å²) < 4.78 is 17.9. The predicted octanol–water partition coefficient (Wildman–Crippen LogP) is 6.35. The summed E-state index contributed by atoms with van der Waals surface area (Å²) in [7, 11) is 0. The maximum atomic E-state index is 13.9. The molecule has 36 heavy (non-hydrogen) atoms. The number of para-hydroxylation sites is 1. The van der Waals surface area contributed by atoms with Crippen LogP contribution in [0, 0.1) is 13.8 Å².